The SMILES string of the molecule is O=C(CNC(=O)CNC(=O)CNC(=O)CS)Cc1c(F)c(F)cc(F)c1F. The lowest BCUT2D eigenvalue weighted by molar-refractivity contribution is -0.127. The van der Waals surface area contributed by atoms with Gasteiger partial charge in [0, 0.05) is 18.1 Å². The van der Waals surface area contributed by atoms with E-state index in [0.29, 0.717) is 0 Å². The summed E-state index contributed by atoms with van der Waals surface area (Å²) in [6.07, 6.45) is -0.977. The van der Waals surface area contributed by atoms with Crippen LogP contribution in [0, 0.1) is 23.3 Å². The van der Waals surface area contributed by atoms with Gasteiger partial charge in [-0.05, 0) is 0 Å². The lowest BCUT2D eigenvalue weighted by Crippen LogP contribution is -2.43. The summed E-state index contributed by atoms with van der Waals surface area (Å²) in [5.41, 5.74) is -1.08. The van der Waals surface area contributed by atoms with Gasteiger partial charge in [0.25, 0.3) is 0 Å². The molecule has 0 aliphatic heterocycles. The Morgan fingerprint density at radius 3 is 1.70 bits per heavy atom. The summed E-state index contributed by atoms with van der Waals surface area (Å²) in [4.78, 5) is 45.4. The van der Waals surface area contributed by atoms with E-state index in [-0.39, 0.29) is 18.4 Å². The first-order valence-corrected chi connectivity index (χ1v) is 8.03. The fourth-order valence-electron chi connectivity index (χ4n) is 1.77. The van der Waals surface area contributed by atoms with E-state index in [4.69, 9.17) is 0 Å². The maximum absolute atomic E-state index is 13.5. The van der Waals surface area contributed by atoms with Crippen LogP contribution in [0.25, 0.3) is 0 Å². The van der Waals surface area contributed by atoms with E-state index in [9.17, 15) is 36.7 Å². The molecule has 1 aromatic carbocycles. The highest BCUT2D eigenvalue weighted by molar-refractivity contribution is 7.81. The van der Waals surface area contributed by atoms with Gasteiger partial charge in [0.1, 0.15) is 0 Å². The first-order valence-electron chi connectivity index (χ1n) is 7.40. The largest absolute Gasteiger partial charge is 0.347 e. The fraction of sp³-hybridized carbons (Fsp3) is 0.333. The van der Waals surface area contributed by atoms with Crippen LogP contribution in [-0.4, -0.2) is 48.9 Å². The van der Waals surface area contributed by atoms with Crippen molar-refractivity contribution in [1.82, 2.24) is 16.0 Å². The number of amides is 3. The molecule has 0 heterocycles. The molecule has 0 unspecified atom stereocenters. The minimum atomic E-state index is -1.69. The van der Waals surface area contributed by atoms with Gasteiger partial charge in [-0.3, -0.25) is 19.2 Å². The first kappa shape index (κ1) is 22.4. The van der Waals surface area contributed by atoms with Gasteiger partial charge in [0.15, 0.2) is 29.1 Å². The molecule has 3 N–H and O–H groups in total. The number of Topliss-reactive ketones (excluding diaryl/α,β-unsaturated/α-hetero) is 1. The fourth-order valence-corrected chi connectivity index (χ4v) is 1.89. The molecule has 0 bridgehead atoms. The summed E-state index contributed by atoms with van der Waals surface area (Å²) in [5, 5.41) is 6.42. The van der Waals surface area contributed by atoms with Crippen molar-refractivity contribution in [3.05, 3.63) is 34.9 Å². The number of halogens is 4. The maximum Gasteiger partial charge on any atom is 0.239 e. The van der Waals surface area contributed by atoms with E-state index in [1.807, 2.05) is 0 Å². The second-order valence-electron chi connectivity index (χ2n) is 5.15. The average Bonchev–Trinajstić information content (AvgIpc) is 2.64. The minimum absolute atomic E-state index is 0.0156. The molecule has 12 heteroatoms. The molecular formula is C15H15F4N3O4S. The van der Waals surface area contributed by atoms with Crippen LogP contribution in [0.3, 0.4) is 0 Å². The van der Waals surface area contributed by atoms with Crippen LogP contribution < -0.4 is 16.0 Å². The molecule has 3 amide bonds. The van der Waals surface area contributed by atoms with E-state index >= 15 is 0 Å². The van der Waals surface area contributed by atoms with E-state index in [1.165, 1.54) is 0 Å². The van der Waals surface area contributed by atoms with Gasteiger partial charge in [-0.2, -0.15) is 12.6 Å². The van der Waals surface area contributed by atoms with E-state index < -0.39 is 71.8 Å². The molecule has 0 aliphatic rings. The third-order valence-electron chi connectivity index (χ3n) is 3.10. The molecule has 0 atom stereocenters. The maximum atomic E-state index is 13.5. The number of thiol groups is 1. The number of benzene rings is 1. The van der Waals surface area contributed by atoms with E-state index in [1.54, 1.807) is 0 Å². The van der Waals surface area contributed by atoms with Crippen molar-refractivity contribution in [2.24, 2.45) is 0 Å². The lowest BCUT2D eigenvalue weighted by Gasteiger charge is -2.08. The van der Waals surface area contributed by atoms with E-state index in [2.05, 4.69) is 28.6 Å². The Morgan fingerprint density at radius 1 is 0.778 bits per heavy atom. The average molecular weight is 409 g/mol. The summed E-state index contributed by atoms with van der Waals surface area (Å²) in [7, 11) is 0. The van der Waals surface area contributed by atoms with Crippen LogP contribution in [0.1, 0.15) is 5.56 Å². The minimum Gasteiger partial charge on any atom is -0.347 e. The molecule has 27 heavy (non-hydrogen) atoms. The zero-order chi connectivity index (χ0) is 20.6. The van der Waals surface area contributed by atoms with Crippen molar-refractivity contribution in [2.45, 2.75) is 6.42 Å². The molecule has 1 aromatic rings. The number of rotatable bonds is 9. The highest BCUT2D eigenvalue weighted by atomic mass is 32.1. The van der Waals surface area contributed by atoms with Gasteiger partial charge in [-0.25, -0.2) is 17.6 Å². The van der Waals surface area contributed by atoms with Crippen molar-refractivity contribution in [3.8, 4) is 0 Å². The van der Waals surface area contributed by atoms with Gasteiger partial charge < -0.3 is 16.0 Å². The number of hydrogen-bond acceptors (Lipinski definition) is 5. The molecule has 0 radical (unpaired) electrons. The van der Waals surface area contributed by atoms with Crippen molar-refractivity contribution in [1.29, 1.82) is 0 Å². The summed E-state index contributed by atoms with van der Waals surface area (Å²) in [6, 6.07) is 0.0156. The van der Waals surface area contributed by atoms with Crippen molar-refractivity contribution in [2.75, 3.05) is 25.4 Å². The molecule has 0 aliphatic carbocycles. The van der Waals surface area contributed by atoms with Crippen LogP contribution in [0.4, 0.5) is 17.6 Å². The standard InChI is InChI=1S/C15H15F4N3O4S/c16-9-2-10(17)15(19)8(14(9)18)1-7(23)3-20-11(24)4-21-12(25)5-22-13(26)6-27/h2,27H,1,3-6H2,(H,20,24)(H,21,25)(H,22,26). The molecule has 0 saturated heterocycles. The molecule has 7 nitrogen and oxygen atoms in total. The van der Waals surface area contributed by atoms with Crippen LogP contribution in [0.15, 0.2) is 6.07 Å². The van der Waals surface area contributed by atoms with Gasteiger partial charge in [0.05, 0.1) is 25.4 Å². The Labute approximate surface area is 156 Å². The number of hydrogen-bond donors (Lipinski definition) is 4. The van der Waals surface area contributed by atoms with Crippen molar-refractivity contribution < 1.29 is 36.7 Å². The Morgan fingerprint density at radius 2 is 1.22 bits per heavy atom. The highest BCUT2D eigenvalue weighted by Gasteiger charge is 2.21. The Bertz CT molecular complexity index is 735. The zero-order valence-corrected chi connectivity index (χ0v) is 14.6. The Balaban J connectivity index is 2.44. The lowest BCUT2D eigenvalue weighted by atomic mass is 10.1. The van der Waals surface area contributed by atoms with Gasteiger partial charge in [0.2, 0.25) is 17.7 Å². The highest BCUT2D eigenvalue weighted by Crippen LogP contribution is 2.19. The Kier molecular flexibility index (Phi) is 8.72. The van der Waals surface area contributed by atoms with Crippen LogP contribution in [0.2, 0.25) is 0 Å². The van der Waals surface area contributed by atoms with Gasteiger partial charge in [-0.1, -0.05) is 0 Å². The molecular weight excluding hydrogens is 394 g/mol. The zero-order valence-electron chi connectivity index (χ0n) is 13.7. The van der Waals surface area contributed by atoms with Crippen molar-refractivity contribution in [3.63, 3.8) is 0 Å². The number of nitrogens with one attached hydrogen (secondary N) is 3. The normalized spacial score (nSPS) is 10.3. The predicted octanol–water partition coefficient (Wildman–Crippen LogP) is -0.367. The quantitative estimate of drug-likeness (QED) is 0.254. The number of carbonyl (C=O) groups excluding carboxylic acids is 4. The molecule has 0 fully saturated rings. The second kappa shape index (κ2) is 10.5. The third-order valence-corrected chi connectivity index (χ3v) is 3.38. The van der Waals surface area contributed by atoms with Crippen LogP contribution in [-0.2, 0) is 25.6 Å². The molecule has 0 aromatic heterocycles. The molecule has 148 valence electrons. The summed E-state index contributed by atoms with van der Waals surface area (Å²) < 4.78 is 53.1. The first-order chi connectivity index (χ1) is 12.6. The predicted molar refractivity (Wildman–Crippen MR) is 87.9 cm³/mol. The molecule has 1 rings (SSSR count). The van der Waals surface area contributed by atoms with Gasteiger partial charge in [-0.15, -0.1) is 0 Å². The summed E-state index contributed by atoms with van der Waals surface area (Å²) in [6.45, 7) is -1.59. The third kappa shape index (κ3) is 7.25. The van der Waals surface area contributed by atoms with Crippen LogP contribution in [0.5, 0.6) is 0 Å². The van der Waals surface area contributed by atoms with Crippen molar-refractivity contribution >= 4 is 36.1 Å². The number of carbonyl (C=O) groups is 4. The molecule has 0 spiro atoms. The second-order valence-corrected chi connectivity index (χ2v) is 5.47. The van der Waals surface area contributed by atoms with Crippen LogP contribution >= 0.6 is 12.6 Å². The molecule has 0 saturated carbocycles. The monoisotopic (exact) mass is 409 g/mol. The summed E-state index contributed by atoms with van der Waals surface area (Å²) in [5.74, 6) is -9.67. The Hall–Kier alpha value is -2.63. The van der Waals surface area contributed by atoms with E-state index in [0.717, 1.165) is 0 Å². The number of ketones is 1. The smallest absolute Gasteiger partial charge is 0.239 e. The van der Waals surface area contributed by atoms with Gasteiger partial charge >= 0.3 is 0 Å². The topological polar surface area (TPSA) is 104 Å². The summed E-state index contributed by atoms with van der Waals surface area (Å²) >= 11 is 3.68.